The first-order valence-electron chi connectivity index (χ1n) is 9.09. The van der Waals surface area contributed by atoms with Gasteiger partial charge in [-0.25, -0.2) is 13.4 Å². The molecule has 1 aromatic heterocycles. The minimum atomic E-state index is -3.89. The predicted octanol–water partition coefficient (Wildman–Crippen LogP) is 3.11. The van der Waals surface area contributed by atoms with E-state index in [-0.39, 0.29) is 28.9 Å². The van der Waals surface area contributed by atoms with Crippen molar-refractivity contribution >= 4 is 43.4 Å². The van der Waals surface area contributed by atoms with Crippen LogP contribution in [0, 0.1) is 0 Å². The molecule has 1 atom stereocenters. The normalized spacial score (nSPS) is 15.3. The molecule has 2 aromatic carbocycles. The molecular weight excluding hydrogens is 468 g/mol. The number of aromatic nitrogens is 1. The van der Waals surface area contributed by atoms with Crippen molar-refractivity contribution in [2.24, 2.45) is 4.99 Å². The van der Waals surface area contributed by atoms with E-state index in [1.54, 1.807) is 18.3 Å². The molecule has 0 aliphatic carbocycles. The number of rotatable bonds is 5. The molecule has 1 aliphatic rings. The van der Waals surface area contributed by atoms with Crippen LogP contribution in [0.4, 0.5) is 5.69 Å². The quantitative estimate of drug-likeness (QED) is 0.580. The van der Waals surface area contributed by atoms with E-state index in [0.717, 1.165) is 11.3 Å². The number of amidine groups is 1. The summed E-state index contributed by atoms with van der Waals surface area (Å²) in [6, 6.07) is 19.9. The second kappa shape index (κ2) is 8.37. The first-order valence-corrected chi connectivity index (χ1v) is 11.4. The van der Waals surface area contributed by atoms with E-state index in [9.17, 15) is 13.2 Å². The molecule has 4 rings (SSSR count). The Morgan fingerprint density at radius 3 is 2.57 bits per heavy atom. The van der Waals surface area contributed by atoms with Crippen molar-refractivity contribution in [3.63, 3.8) is 0 Å². The lowest BCUT2D eigenvalue weighted by molar-refractivity contribution is -0.115. The van der Waals surface area contributed by atoms with Crippen molar-refractivity contribution in [2.45, 2.75) is 10.8 Å². The van der Waals surface area contributed by atoms with Crippen LogP contribution in [0.5, 0.6) is 0 Å². The highest BCUT2D eigenvalue weighted by molar-refractivity contribution is 9.10. The molecule has 7 nitrogen and oxygen atoms in total. The van der Waals surface area contributed by atoms with Gasteiger partial charge < -0.3 is 5.32 Å². The fourth-order valence-corrected chi connectivity index (χ4v) is 4.84. The minimum Gasteiger partial charge on any atom is -0.348 e. The maximum atomic E-state index is 12.7. The summed E-state index contributed by atoms with van der Waals surface area (Å²) >= 11 is 3.25. The number of halogens is 1. The van der Waals surface area contributed by atoms with Gasteiger partial charge in [0.05, 0.1) is 5.69 Å². The third-order valence-corrected chi connectivity index (χ3v) is 6.46. The summed E-state index contributed by atoms with van der Waals surface area (Å²) in [5.41, 5.74) is 2.00. The number of nitrogens with one attached hydrogen (secondary N) is 2. The second-order valence-corrected chi connectivity index (χ2v) is 9.17. The Bertz CT molecular complexity index is 1180. The maximum absolute atomic E-state index is 12.7. The molecule has 1 unspecified atom stereocenters. The zero-order valence-electron chi connectivity index (χ0n) is 15.6. The third kappa shape index (κ3) is 4.27. The van der Waals surface area contributed by atoms with Gasteiger partial charge in [-0.15, -0.1) is 0 Å². The van der Waals surface area contributed by atoms with Gasteiger partial charge in [-0.1, -0.05) is 52.3 Å². The molecule has 0 radical (unpaired) electrons. The summed E-state index contributed by atoms with van der Waals surface area (Å²) in [4.78, 5) is 21.3. The van der Waals surface area contributed by atoms with E-state index < -0.39 is 15.9 Å². The van der Waals surface area contributed by atoms with Crippen LogP contribution in [0.25, 0.3) is 0 Å². The summed E-state index contributed by atoms with van der Waals surface area (Å²) < 4.78 is 27.9. The molecular formula is C21H17BrN4O3S. The van der Waals surface area contributed by atoms with Crippen LogP contribution in [0.15, 0.2) is 87.3 Å². The number of benzene rings is 2. The highest BCUT2D eigenvalue weighted by Crippen LogP contribution is 2.30. The second-order valence-electron chi connectivity index (χ2n) is 6.61. The number of pyridine rings is 1. The van der Waals surface area contributed by atoms with E-state index in [4.69, 9.17) is 0 Å². The fraction of sp³-hybridized carbons (Fsp3) is 0.0952. The molecule has 0 saturated carbocycles. The van der Waals surface area contributed by atoms with Crippen molar-refractivity contribution < 1.29 is 13.2 Å². The molecule has 0 fully saturated rings. The summed E-state index contributed by atoms with van der Waals surface area (Å²) in [5, 5.41) is 2.78. The Morgan fingerprint density at radius 2 is 1.83 bits per heavy atom. The molecule has 0 bridgehead atoms. The number of fused-ring (bicyclic) bond motifs is 1. The summed E-state index contributed by atoms with van der Waals surface area (Å²) in [5.74, 6) is -1.07. The van der Waals surface area contributed by atoms with Crippen LogP contribution in [0.1, 0.15) is 17.2 Å². The molecule has 30 heavy (non-hydrogen) atoms. The smallest absolute Gasteiger partial charge is 0.287 e. The number of aliphatic imine (C=N–C) groups is 1. The number of carbonyl (C=O) groups is 1. The third-order valence-electron chi connectivity index (χ3n) is 4.60. The SMILES string of the molecule is O=C(NCC(c1ccccc1)c1ccccn1)C1=Nc2ccc(Br)cc2S(=O)(=O)N1. The molecule has 2 N–H and O–H groups in total. The predicted molar refractivity (Wildman–Crippen MR) is 117 cm³/mol. The first kappa shape index (κ1) is 20.2. The topological polar surface area (TPSA) is 101 Å². The zero-order valence-corrected chi connectivity index (χ0v) is 18.0. The van der Waals surface area contributed by atoms with E-state index in [0.29, 0.717) is 4.47 Å². The Hall–Kier alpha value is -3.04. The molecule has 9 heteroatoms. The van der Waals surface area contributed by atoms with Gasteiger partial charge in [0.25, 0.3) is 15.9 Å². The largest absolute Gasteiger partial charge is 0.348 e. The van der Waals surface area contributed by atoms with E-state index >= 15 is 0 Å². The van der Waals surface area contributed by atoms with Gasteiger partial charge in [-0.3, -0.25) is 14.5 Å². The molecule has 0 saturated heterocycles. The highest BCUT2D eigenvalue weighted by atomic mass is 79.9. The fourth-order valence-electron chi connectivity index (χ4n) is 3.16. The molecule has 0 spiro atoms. The van der Waals surface area contributed by atoms with Crippen molar-refractivity contribution in [1.82, 2.24) is 15.0 Å². The lowest BCUT2D eigenvalue weighted by Crippen LogP contribution is -2.45. The van der Waals surface area contributed by atoms with Gasteiger partial charge in [0, 0.05) is 28.8 Å². The van der Waals surface area contributed by atoms with Crippen LogP contribution in [0.3, 0.4) is 0 Å². The van der Waals surface area contributed by atoms with Gasteiger partial charge in [0.2, 0.25) is 5.84 Å². The number of nitrogens with zero attached hydrogens (tertiary/aromatic N) is 2. The number of carbonyl (C=O) groups excluding carboxylic acids is 1. The average Bonchev–Trinajstić information content (AvgIpc) is 2.75. The number of amides is 1. The molecule has 1 aliphatic heterocycles. The maximum Gasteiger partial charge on any atom is 0.287 e. The Morgan fingerprint density at radius 1 is 1.07 bits per heavy atom. The number of hydrogen-bond acceptors (Lipinski definition) is 5. The van der Waals surface area contributed by atoms with Crippen LogP contribution >= 0.6 is 15.9 Å². The Kier molecular flexibility index (Phi) is 5.65. The lowest BCUT2D eigenvalue weighted by atomic mass is 9.95. The van der Waals surface area contributed by atoms with Crippen molar-refractivity contribution in [3.05, 3.63) is 88.7 Å². The highest BCUT2D eigenvalue weighted by Gasteiger charge is 2.29. The van der Waals surface area contributed by atoms with Crippen molar-refractivity contribution in [2.75, 3.05) is 6.54 Å². The molecule has 1 amide bonds. The van der Waals surface area contributed by atoms with Crippen molar-refractivity contribution in [3.8, 4) is 0 Å². The van der Waals surface area contributed by atoms with E-state index in [1.165, 1.54) is 6.07 Å². The zero-order chi connectivity index (χ0) is 21.1. The van der Waals surface area contributed by atoms with Gasteiger partial charge >= 0.3 is 0 Å². The minimum absolute atomic E-state index is 0.0177. The van der Waals surface area contributed by atoms with Crippen LogP contribution in [0.2, 0.25) is 0 Å². The monoisotopic (exact) mass is 484 g/mol. The molecule has 3 aromatic rings. The van der Waals surface area contributed by atoms with Gasteiger partial charge in [-0.2, -0.15) is 0 Å². The van der Waals surface area contributed by atoms with Crippen LogP contribution < -0.4 is 10.0 Å². The number of sulfonamides is 1. The standard InChI is InChI=1S/C21H17BrN4O3S/c22-15-9-10-18-19(12-15)30(28,29)26-20(25-18)21(27)24-13-16(14-6-2-1-3-7-14)17-8-4-5-11-23-17/h1-12,16H,13H2,(H,24,27)(H,25,26). The Labute approximate surface area is 182 Å². The number of hydrogen-bond donors (Lipinski definition) is 2. The van der Waals surface area contributed by atoms with Gasteiger partial charge in [-0.05, 0) is 35.9 Å². The molecule has 152 valence electrons. The Balaban J connectivity index is 1.58. The van der Waals surface area contributed by atoms with Crippen LogP contribution in [-0.2, 0) is 14.8 Å². The van der Waals surface area contributed by atoms with Crippen LogP contribution in [-0.4, -0.2) is 31.7 Å². The first-order chi connectivity index (χ1) is 14.4. The van der Waals surface area contributed by atoms with Crippen molar-refractivity contribution in [1.29, 1.82) is 0 Å². The van der Waals surface area contributed by atoms with Gasteiger partial charge in [0.15, 0.2) is 0 Å². The molecule has 2 heterocycles. The summed E-state index contributed by atoms with van der Waals surface area (Å²) in [7, 11) is -3.89. The van der Waals surface area contributed by atoms with E-state index in [2.05, 4.69) is 35.9 Å². The lowest BCUT2D eigenvalue weighted by Gasteiger charge is -2.20. The summed E-state index contributed by atoms with van der Waals surface area (Å²) in [6.07, 6.45) is 1.70. The van der Waals surface area contributed by atoms with Gasteiger partial charge in [0.1, 0.15) is 4.90 Å². The van der Waals surface area contributed by atoms with E-state index in [1.807, 2.05) is 48.5 Å². The summed E-state index contributed by atoms with van der Waals surface area (Å²) in [6.45, 7) is 0.230. The average molecular weight is 485 g/mol.